The summed E-state index contributed by atoms with van der Waals surface area (Å²) in [5.41, 5.74) is 4.11. The monoisotopic (exact) mass is 436 g/mol. The van der Waals surface area contributed by atoms with Gasteiger partial charge in [0.1, 0.15) is 5.75 Å². The maximum absolute atomic E-state index is 11.6. The molecule has 0 saturated heterocycles. The minimum Gasteiger partial charge on any atom is -0.495 e. The summed E-state index contributed by atoms with van der Waals surface area (Å²) < 4.78 is 7.44. The molecule has 0 radical (unpaired) electrons. The number of carboxylic acids is 1. The van der Waals surface area contributed by atoms with Crippen molar-refractivity contribution in [2.75, 3.05) is 26.0 Å². The zero-order valence-electron chi connectivity index (χ0n) is 18.4. The van der Waals surface area contributed by atoms with Crippen LogP contribution in [0.5, 0.6) is 5.75 Å². The number of methoxy groups -OCH3 is 1. The van der Waals surface area contributed by atoms with Crippen LogP contribution >= 0.6 is 0 Å². The van der Waals surface area contributed by atoms with Crippen molar-refractivity contribution in [2.24, 2.45) is 11.8 Å². The fourth-order valence-electron chi connectivity index (χ4n) is 4.98. The Morgan fingerprint density at radius 1 is 1.28 bits per heavy atom. The number of nitrogens with zero attached hydrogens (tertiary/aromatic N) is 5. The number of hydrogen-bond donors (Lipinski definition) is 2. The number of benzene rings is 1. The van der Waals surface area contributed by atoms with E-state index < -0.39 is 5.97 Å². The number of hydrogen-bond acceptors (Lipinski definition) is 7. The van der Waals surface area contributed by atoms with Crippen molar-refractivity contribution >= 4 is 28.6 Å². The smallest absolute Gasteiger partial charge is 0.306 e. The fraction of sp³-hybridized carbons (Fsp3) is 0.478. The van der Waals surface area contributed by atoms with Crippen molar-refractivity contribution in [3.63, 3.8) is 0 Å². The van der Waals surface area contributed by atoms with Gasteiger partial charge in [-0.25, -0.2) is 9.67 Å². The first kappa shape index (κ1) is 20.7. The minimum atomic E-state index is -0.717. The number of carboxylic acid groups (broad SMARTS) is 1. The highest BCUT2D eigenvalue weighted by atomic mass is 16.5. The summed E-state index contributed by atoms with van der Waals surface area (Å²) in [6.07, 6.45) is 7.05. The van der Waals surface area contributed by atoms with Gasteiger partial charge in [0.2, 0.25) is 5.95 Å². The Kier molecular flexibility index (Phi) is 5.42. The van der Waals surface area contributed by atoms with Crippen LogP contribution in [0.1, 0.15) is 30.4 Å². The molecule has 1 saturated carbocycles. The highest BCUT2D eigenvalue weighted by Gasteiger charge is 2.33. The van der Waals surface area contributed by atoms with Gasteiger partial charge in [-0.1, -0.05) is 6.42 Å². The number of aromatic nitrogens is 4. The van der Waals surface area contributed by atoms with Crippen LogP contribution < -0.4 is 10.1 Å². The van der Waals surface area contributed by atoms with Crippen LogP contribution in [0.2, 0.25) is 0 Å². The standard InChI is InChI=1S/C23H28N6O3/c1-28-7-6-14-9-20(32-2)19(8-16(14)12-28)26-23-24-10-17-11-25-29(21(17)27-23)13-15-4-3-5-18(15)22(30)31/h8-11,15,18H,3-7,12-13H2,1-2H3,(H,30,31)(H,24,26,27)/t15-,18-/m1/s1. The Hall–Kier alpha value is -3.20. The lowest BCUT2D eigenvalue weighted by atomic mass is 9.96. The Bertz CT molecular complexity index is 1160. The van der Waals surface area contributed by atoms with Crippen molar-refractivity contribution in [1.29, 1.82) is 0 Å². The number of rotatable bonds is 6. The molecule has 5 rings (SSSR count). The maximum Gasteiger partial charge on any atom is 0.306 e. The average Bonchev–Trinajstić information content (AvgIpc) is 3.41. The number of aliphatic carboxylic acids is 1. The number of fused-ring (bicyclic) bond motifs is 2. The van der Waals surface area contributed by atoms with E-state index in [-0.39, 0.29) is 11.8 Å². The molecular weight excluding hydrogens is 408 g/mol. The van der Waals surface area contributed by atoms with Gasteiger partial charge in [0.25, 0.3) is 0 Å². The van der Waals surface area contributed by atoms with E-state index in [4.69, 9.17) is 9.72 Å². The third-order valence-electron chi connectivity index (χ3n) is 6.73. The number of nitrogens with one attached hydrogen (secondary N) is 1. The summed E-state index contributed by atoms with van der Waals surface area (Å²) in [6, 6.07) is 4.21. The zero-order valence-corrected chi connectivity index (χ0v) is 18.4. The van der Waals surface area contributed by atoms with Gasteiger partial charge in [0.15, 0.2) is 5.65 Å². The van der Waals surface area contributed by atoms with Gasteiger partial charge in [-0.15, -0.1) is 0 Å². The molecule has 9 nitrogen and oxygen atoms in total. The van der Waals surface area contributed by atoms with Gasteiger partial charge < -0.3 is 20.1 Å². The summed E-state index contributed by atoms with van der Waals surface area (Å²) in [7, 11) is 3.79. The number of ether oxygens (including phenoxy) is 1. The Balaban J connectivity index is 1.43. The molecule has 2 aliphatic rings. The molecule has 3 aromatic rings. The molecule has 2 atom stereocenters. The van der Waals surface area contributed by atoms with E-state index in [2.05, 4.69) is 39.5 Å². The minimum absolute atomic E-state index is 0.0692. The maximum atomic E-state index is 11.6. The summed E-state index contributed by atoms with van der Waals surface area (Å²) in [5, 5.41) is 18.1. The molecule has 168 valence electrons. The van der Waals surface area contributed by atoms with Crippen LogP contribution in [0.15, 0.2) is 24.5 Å². The lowest BCUT2D eigenvalue weighted by Crippen LogP contribution is -2.26. The topological polar surface area (TPSA) is 105 Å². The van der Waals surface area contributed by atoms with E-state index in [1.165, 1.54) is 11.1 Å². The van der Waals surface area contributed by atoms with Gasteiger partial charge in [-0.2, -0.15) is 10.1 Å². The van der Waals surface area contributed by atoms with Crippen LogP contribution in [0.25, 0.3) is 11.0 Å². The number of likely N-dealkylation sites (N-methyl/N-ethyl adjacent to an activating group) is 1. The molecule has 0 bridgehead atoms. The highest BCUT2D eigenvalue weighted by Crippen LogP contribution is 2.35. The third kappa shape index (κ3) is 3.88. The van der Waals surface area contributed by atoms with E-state index >= 15 is 0 Å². The predicted octanol–water partition coefficient (Wildman–Crippen LogP) is 3.07. The second-order valence-corrected chi connectivity index (χ2v) is 8.87. The summed E-state index contributed by atoms with van der Waals surface area (Å²) in [6.45, 7) is 2.48. The molecule has 0 unspecified atom stereocenters. The first-order valence-electron chi connectivity index (χ1n) is 11.1. The van der Waals surface area contributed by atoms with Gasteiger partial charge in [0.05, 0.1) is 30.3 Å². The second kappa shape index (κ2) is 8.38. The highest BCUT2D eigenvalue weighted by molar-refractivity contribution is 5.76. The van der Waals surface area contributed by atoms with E-state index in [0.717, 1.165) is 55.6 Å². The zero-order chi connectivity index (χ0) is 22.2. The third-order valence-corrected chi connectivity index (χ3v) is 6.73. The number of carbonyl (C=O) groups is 1. The average molecular weight is 437 g/mol. The molecule has 2 N–H and O–H groups in total. The van der Waals surface area contributed by atoms with Crippen LogP contribution in [-0.4, -0.2) is 56.4 Å². The lowest BCUT2D eigenvalue weighted by Gasteiger charge is -2.26. The van der Waals surface area contributed by atoms with E-state index in [1.54, 1.807) is 19.5 Å². The molecule has 2 aromatic heterocycles. The van der Waals surface area contributed by atoms with Gasteiger partial charge >= 0.3 is 5.97 Å². The normalized spacial score (nSPS) is 20.9. The van der Waals surface area contributed by atoms with Gasteiger partial charge in [0, 0.05) is 25.8 Å². The number of anilines is 2. The van der Waals surface area contributed by atoms with E-state index in [9.17, 15) is 9.90 Å². The van der Waals surface area contributed by atoms with Crippen LogP contribution in [-0.2, 0) is 24.3 Å². The molecular formula is C23H28N6O3. The first-order chi connectivity index (χ1) is 15.5. The second-order valence-electron chi connectivity index (χ2n) is 8.87. The molecule has 3 heterocycles. The summed E-state index contributed by atoms with van der Waals surface area (Å²) >= 11 is 0. The largest absolute Gasteiger partial charge is 0.495 e. The lowest BCUT2D eigenvalue weighted by molar-refractivity contribution is -0.143. The molecule has 0 spiro atoms. The molecule has 32 heavy (non-hydrogen) atoms. The molecule has 1 aromatic carbocycles. The molecule has 9 heteroatoms. The van der Waals surface area contributed by atoms with Crippen molar-refractivity contribution < 1.29 is 14.6 Å². The molecule has 1 fully saturated rings. The SMILES string of the molecule is COc1cc2c(cc1Nc1ncc3cnn(C[C@H]4CCC[C@H]4C(=O)O)c3n1)CN(C)CC2. The summed E-state index contributed by atoms with van der Waals surface area (Å²) in [5.74, 6) is 0.265. The van der Waals surface area contributed by atoms with Crippen molar-refractivity contribution in [2.45, 2.75) is 38.8 Å². The predicted molar refractivity (Wildman–Crippen MR) is 120 cm³/mol. The fourth-order valence-corrected chi connectivity index (χ4v) is 4.98. The molecule has 0 amide bonds. The van der Waals surface area contributed by atoms with Crippen molar-refractivity contribution in [3.05, 3.63) is 35.7 Å². The quantitative estimate of drug-likeness (QED) is 0.607. The van der Waals surface area contributed by atoms with Gasteiger partial charge in [-0.05, 0) is 55.5 Å². The Morgan fingerprint density at radius 2 is 2.16 bits per heavy atom. The van der Waals surface area contributed by atoms with Crippen molar-refractivity contribution in [3.8, 4) is 5.75 Å². The van der Waals surface area contributed by atoms with E-state index in [0.29, 0.717) is 18.1 Å². The first-order valence-corrected chi connectivity index (χ1v) is 11.1. The van der Waals surface area contributed by atoms with Crippen LogP contribution in [0.3, 0.4) is 0 Å². The van der Waals surface area contributed by atoms with E-state index in [1.807, 2.05) is 4.68 Å². The van der Waals surface area contributed by atoms with Crippen LogP contribution in [0, 0.1) is 11.8 Å². The molecule has 1 aliphatic carbocycles. The molecule has 1 aliphatic heterocycles. The summed E-state index contributed by atoms with van der Waals surface area (Å²) in [4.78, 5) is 23.0. The Morgan fingerprint density at radius 3 is 2.97 bits per heavy atom. The van der Waals surface area contributed by atoms with Gasteiger partial charge in [-0.3, -0.25) is 4.79 Å². The van der Waals surface area contributed by atoms with Crippen molar-refractivity contribution in [1.82, 2.24) is 24.6 Å². The van der Waals surface area contributed by atoms with Crippen LogP contribution in [0.4, 0.5) is 11.6 Å². The Labute approximate surface area is 186 Å².